The summed E-state index contributed by atoms with van der Waals surface area (Å²) in [6.07, 6.45) is 5.90. The third-order valence-corrected chi connectivity index (χ3v) is 5.42. The van der Waals surface area contributed by atoms with E-state index >= 15 is 0 Å². The highest BCUT2D eigenvalue weighted by atomic mass is 16.5. The summed E-state index contributed by atoms with van der Waals surface area (Å²) < 4.78 is 5.24. The number of carbonyl (C=O) groups is 1. The minimum absolute atomic E-state index is 0.123. The van der Waals surface area contributed by atoms with Crippen molar-refractivity contribution in [1.82, 2.24) is 0 Å². The number of cyclic esters (lactones) is 1. The zero-order chi connectivity index (χ0) is 15.3. The van der Waals surface area contributed by atoms with Crippen LogP contribution in [0.2, 0.25) is 0 Å². The van der Waals surface area contributed by atoms with Gasteiger partial charge in [-0.1, -0.05) is 46.2 Å². The Bertz CT molecular complexity index is 585. The van der Waals surface area contributed by atoms with Crippen molar-refractivity contribution >= 4 is 5.97 Å². The van der Waals surface area contributed by atoms with Crippen LogP contribution in [0.1, 0.15) is 80.4 Å². The lowest BCUT2D eigenvalue weighted by molar-refractivity contribution is 0.0534. The van der Waals surface area contributed by atoms with Gasteiger partial charge in [0.2, 0.25) is 0 Å². The Morgan fingerprint density at radius 3 is 2.62 bits per heavy atom. The van der Waals surface area contributed by atoms with E-state index in [2.05, 4.69) is 39.8 Å². The maximum Gasteiger partial charge on any atom is 0.339 e. The number of carbonyl (C=O) groups excluding carboxylic acids is 1. The number of hydrogen-bond donors (Lipinski definition) is 0. The summed E-state index contributed by atoms with van der Waals surface area (Å²) in [7, 11) is 0. The molecule has 1 aliphatic heterocycles. The summed E-state index contributed by atoms with van der Waals surface area (Å²) in [4.78, 5) is 12.1. The Balaban J connectivity index is 2.11. The first-order valence-electron chi connectivity index (χ1n) is 8.19. The van der Waals surface area contributed by atoms with E-state index in [1.807, 2.05) is 0 Å². The van der Waals surface area contributed by atoms with Gasteiger partial charge >= 0.3 is 5.97 Å². The molecule has 0 N–H and O–H groups in total. The predicted molar refractivity (Wildman–Crippen MR) is 84.5 cm³/mol. The first kappa shape index (κ1) is 14.6. The van der Waals surface area contributed by atoms with Crippen LogP contribution in [0.25, 0.3) is 0 Å². The number of rotatable bonds is 2. The summed E-state index contributed by atoms with van der Waals surface area (Å²) in [6, 6.07) is 4.38. The molecule has 0 radical (unpaired) electrons. The van der Waals surface area contributed by atoms with E-state index < -0.39 is 0 Å². The van der Waals surface area contributed by atoms with E-state index in [4.69, 9.17) is 4.74 Å². The molecule has 21 heavy (non-hydrogen) atoms. The van der Waals surface area contributed by atoms with Crippen LogP contribution in [0.15, 0.2) is 12.1 Å². The van der Waals surface area contributed by atoms with E-state index in [0.717, 1.165) is 17.5 Å². The largest absolute Gasteiger partial charge is 0.457 e. The van der Waals surface area contributed by atoms with Gasteiger partial charge < -0.3 is 4.74 Å². The Morgan fingerprint density at radius 2 is 1.95 bits per heavy atom. The van der Waals surface area contributed by atoms with E-state index in [0.29, 0.717) is 12.0 Å². The number of fused-ring (bicyclic) bond motifs is 1. The molecule has 1 heterocycles. The Morgan fingerprint density at radius 1 is 1.19 bits per heavy atom. The molecular formula is C19H26O2. The van der Waals surface area contributed by atoms with Crippen molar-refractivity contribution in [1.29, 1.82) is 0 Å². The van der Waals surface area contributed by atoms with Crippen LogP contribution in [0.4, 0.5) is 0 Å². The summed E-state index contributed by atoms with van der Waals surface area (Å²) in [6.45, 7) is 9.73. The predicted octanol–water partition coefficient (Wildman–Crippen LogP) is 4.78. The maximum absolute atomic E-state index is 12.1. The molecule has 2 heteroatoms. The second kappa shape index (κ2) is 4.86. The summed E-state index contributed by atoms with van der Waals surface area (Å²) >= 11 is 0. The number of ether oxygens (including phenoxy) is 1. The lowest BCUT2D eigenvalue weighted by Crippen LogP contribution is -2.35. The molecule has 0 aromatic heterocycles. The molecule has 0 spiro atoms. The minimum Gasteiger partial charge on any atom is -0.457 e. The van der Waals surface area contributed by atoms with E-state index in [-0.39, 0.29) is 11.4 Å². The minimum atomic E-state index is -0.123. The van der Waals surface area contributed by atoms with Crippen LogP contribution in [-0.4, -0.2) is 5.97 Å². The smallest absolute Gasteiger partial charge is 0.339 e. The van der Waals surface area contributed by atoms with Gasteiger partial charge in [-0.3, -0.25) is 0 Å². The van der Waals surface area contributed by atoms with Gasteiger partial charge in [-0.2, -0.15) is 0 Å². The Hall–Kier alpha value is -1.31. The van der Waals surface area contributed by atoms with Gasteiger partial charge in [0.25, 0.3) is 0 Å². The van der Waals surface area contributed by atoms with Crippen LogP contribution >= 0.6 is 0 Å². The van der Waals surface area contributed by atoms with Gasteiger partial charge in [-0.15, -0.1) is 0 Å². The average molecular weight is 286 g/mol. The molecule has 0 saturated heterocycles. The summed E-state index contributed by atoms with van der Waals surface area (Å²) in [5.74, 6) is -0.123. The topological polar surface area (TPSA) is 26.3 Å². The normalized spacial score (nSPS) is 27.3. The van der Waals surface area contributed by atoms with Crippen molar-refractivity contribution in [2.75, 3.05) is 0 Å². The van der Waals surface area contributed by atoms with Crippen molar-refractivity contribution < 1.29 is 9.53 Å². The van der Waals surface area contributed by atoms with Crippen molar-refractivity contribution in [3.8, 4) is 0 Å². The SMILES string of the molecule is CCc1c([C@@]2(C)CCCC(C)(C)C2)ccc2c1C(=O)OC2. The number of hydrogen-bond acceptors (Lipinski definition) is 2. The molecule has 0 amide bonds. The lowest BCUT2D eigenvalue weighted by atomic mass is 9.60. The molecule has 2 nitrogen and oxygen atoms in total. The van der Waals surface area contributed by atoms with E-state index in [1.165, 1.54) is 36.8 Å². The molecule has 1 saturated carbocycles. The van der Waals surface area contributed by atoms with Crippen LogP contribution < -0.4 is 0 Å². The average Bonchev–Trinajstić information content (AvgIpc) is 2.78. The molecule has 0 bridgehead atoms. The monoisotopic (exact) mass is 286 g/mol. The van der Waals surface area contributed by atoms with Gasteiger partial charge in [0.05, 0.1) is 5.56 Å². The molecule has 3 rings (SSSR count). The molecule has 2 aliphatic rings. The fourth-order valence-electron chi connectivity index (χ4n) is 4.64. The Kier molecular flexibility index (Phi) is 3.38. The van der Waals surface area contributed by atoms with Crippen molar-refractivity contribution in [2.45, 2.75) is 71.8 Å². The first-order chi connectivity index (χ1) is 9.86. The third kappa shape index (κ3) is 2.39. The molecule has 1 aromatic rings. The molecule has 0 unspecified atom stereocenters. The first-order valence-corrected chi connectivity index (χ1v) is 8.19. The van der Waals surface area contributed by atoms with Crippen molar-refractivity contribution in [3.63, 3.8) is 0 Å². The molecule has 1 fully saturated rings. The Labute approximate surface area is 127 Å². The van der Waals surface area contributed by atoms with Crippen LogP contribution in [-0.2, 0) is 23.2 Å². The quantitative estimate of drug-likeness (QED) is 0.731. The highest BCUT2D eigenvalue weighted by Crippen LogP contribution is 2.49. The number of benzene rings is 1. The molecule has 1 aromatic carbocycles. The van der Waals surface area contributed by atoms with Crippen molar-refractivity contribution in [2.24, 2.45) is 5.41 Å². The van der Waals surface area contributed by atoms with Gasteiger partial charge in [-0.25, -0.2) is 4.79 Å². The second-order valence-electron chi connectivity index (χ2n) is 7.81. The zero-order valence-electron chi connectivity index (χ0n) is 13.7. The fraction of sp³-hybridized carbons (Fsp3) is 0.632. The molecule has 114 valence electrons. The molecule has 1 atom stereocenters. The highest BCUT2D eigenvalue weighted by Gasteiger charge is 2.40. The van der Waals surface area contributed by atoms with E-state index in [1.54, 1.807) is 0 Å². The maximum atomic E-state index is 12.1. The van der Waals surface area contributed by atoms with Gasteiger partial charge in [-0.05, 0) is 47.6 Å². The highest BCUT2D eigenvalue weighted by molar-refractivity contribution is 5.95. The van der Waals surface area contributed by atoms with E-state index in [9.17, 15) is 4.79 Å². The lowest BCUT2D eigenvalue weighted by Gasteiger charge is -2.44. The van der Waals surface area contributed by atoms with Gasteiger partial charge in [0.1, 0.15) is 6.61 Å². The van der Waals surface area contributed by atoms with Crippen LogP contribution in [0.3, 0.4) is 0 Å². The zero-order valence-corrected chi connectivity index (χ0v) is 13.7. The van der Waals surface area contributed by atoms with Gasteiger partial charge in [0, 0.05) is 5.56 Å². The van der Waals surface area contributed by atoms with Crippen molar-refractivity contribution in [3.05, 3.63) is 34.4 Å². The van der Waals surface area contributed by atoms with Crippen LogP contribution in [0, 0.1) is 5.41 Å². The standard InChI is InChI=1S/C19H26O2/c1-5-14-15(8-7-13-11-21-17(20)16(13)14)19(4)10-6-9-18(2,3)12-19/h7-8H,5-6,9-12H2,1-4H3/t19-/m0/s1. The number of esters is 1. The summed E-state index contributed by atoms with van der Waals surface area (Å²) in [5, 5.41) is 0. The van der Waals surface area contributed by atoms with Gasteiger partial charge in [0.15, 0.2) is 0 Å². The summed E-state index contributed by atoms with van der Waals surface area (Å²) in [5.41, 5.74) is 5.12. The molecular weight excluding hydrogens is 260 g/mol. The van der Waals surface area contributed by atoms with Crippen LogP contribution in [0.5, 0.6) is 0 Å². The second-order valence-corrected chi connectivity index (χ2v) is 7.81. The fourth-order valence-corrected chi connectivity index (χ4v) is 4.64. The molecule has 1 aliphatic carbocycles. The third-order valence-electron chi connectivity index (χ3n) is 5.42.